The Kier molecular flexibility index (Phi) is 7.32. The Bertz CT molecular complexity index is 1530. The molecule has 1 unspecified atom stereocenters. The second-order valence-electron chi connectivity index (χ2n) is 9.26. The molecule has 5 aromatic rings. The predicted molar refractivity (Wildman–Crippen MR) is 157 cm³/mol. The van der Waals surface area contributed by atoms with E-state index in [4.69, 9.17) is 4.36 Å². The second kappa shape index (κ2) is 10.8. The third-order valence-electron chi connectivity index (χ3n) is 6.05. The second-order valence-corrected chi connectivity index (χ2v) is 13.7. The summed E-state index contributed by atoms with van der Waals surface area (Å²) in [5.41, 5.74) is 0.803. The van der Waals surface area contributed by atoms with Crippen LogP contribution in [0.1, 0.15) is 13.8 Å². The monoisotopic (exact) mass is 507 g/mol. The number of benzene rings is 5. The van der Waals surface area contributed by atoms with Crippen LogP contribution in [0.2, 0.25) is 0 Å². The Morgan fingerprint density at radius 3 is 1.75 bits per heavy atom. The molecule has 0 aromatic heterocycles. The molecule has 0 aliphatic carbocycles. The SMILES string of the molecule is CC(C)CS(=O)(=Nc1cccc2cccc(P(c3ccccc3)c3ccccc3)c12)c1ccccc1. The van der Waals surface area contributed by atoms with Crippen LogP contribution in [0.3, 0.4) is 0 Å². The van der Waals surface area contributed by atoms with Gasteiger partial charge >= 0.3 is 0 Å². The fraction of sp³-hybridized carbons (Fsp3) is 0.125. The Balaban J connectivity index is 1.81. The summed E-state index contributed by atoms with van der Waals surface area (Å²) in [6, 6.07) is 43.8. The lowest BCUT2D eigenvalue weighted by molar-refractivity contribution is 0.658. The molecular formula is C32H30NOPS. The van der Waals surface area contributed by atoms with E-state index in [0.29, 0.717) is 5.75 Å². The summed E-state index contributed by atoms with van der Waals surface area (Å²) in [5.74, 6) is 0.767. The van der Waals surface area contributed by atoms with E-state index in [1.54, 1.807) is 0 Å². The van der Waals surface area contributed by atoms with Crippen molar-refractivity contribution >= 4 is 50.0 Å². The summed E-state index contributed by atoms with van der Waals surface area (Å²) in [6.45, 7) is 4.22. The van der Waals surface area contributed by atoms with E-state index in [-0.39, 0.29) is 5.92 Å². The van der Waals surface area contributed by atoms with Crippen molar-refractivity contribution in [2.75, 3.05) is 5.75 Å². The number of nitrogens with zero attached hydrogens (tertiary/aromatic N) is 1. The van der Waals surface area contributed by atoms with Crippen molar-refractivity contribution in [3.63, 3.8) is 0 Å². The van der Waals surface area contributed by atoms with Crippen molar-refractivity contribution in [1.82, 2.24) is 0 Å². The molecule has 0 saturated heterocycles. The van der Waals surface area contributed by atoms with E-state index in [1.807, 2.05) is 42.5 Å². The quantitative estimate of drug-likeness (QED) is 0.211. The van der Waals surface area contributed by atoms with Crippen molar-refractivity contribution in [3.05, 3.63) is 127 Å². The van der Waals surface area contributed by atoms with Crippen LogP contribution >= 0.6 is 7.92 Å². The minimum absolute atomic E-state index is 0.252. The van der Waals surface area contributed by atoms with Gasteiger partial charge in [-0.1, -0.05) is 123 Å². The molecule has 1 atom stereocenters. The van der Waals surface area contributed by atoms with Gasteiger partial charge in [-0.25, -0.2) is 4.21 Å². The number of fused-ring (bicyclic) bond motifs is 1. The van der Waals surface area contributed by atoms with Crippen LogP contribution < -0.4 is 15.9 Å². The summed E-state index contributed by atoms with van der Waals surface area (Å²) in [4.78, 5) is 0.793. The minimum Gasteiger partial charge on any atom is -0.244 e. The lowest BCUT2D eigenvalue weighted by Gasteiger charge is -2.22. The first-order valence-electron chi connectivity index (χ1n) is 12.3. The number of rotatable bonds is 7. The molecule has 0 N–H and O–H groups in total. The fourth-order valence-electron chi connectivity index (χ4n) is 4.58. The van der Waals surface area contributed by atoms with Gasteiger partial charge in [0.2, 0.25) is 0 Å². The molecule has 2 nitrogen and oxygen atoms in total. The van der Waals surface area contributed by atoms with Gasteiger partial charge in [-0.05, 0) is 53.3 Å². The molecule has 4 heteroatoms. The third-order valence-corrected chi connectivity index (χ3v) is 11.1. The third kappa shape index (κ3) is 5.14. The van der Waals surface area contributed by atoms with E-state index in [9.17, 15) is 4.21 Å². The molecule has 0 bridgehead atoms. The molecule has 5 rings (SSSR count). The van der Waals surface area contributed by atoms with Gasteiger partial charge < -0.3 is 0 Å². The number of hydrogen-bond acceptors (Lipinski definition) is 2. The average molecular weight is 508 g/mol. The van der Waals surface area contributed by atoms with Gasteiger partial charge in [-0.2, -0.15) is 4.36 Å². The van der Waals surface area contributed by atoms with Crippen molar-refractivity contribution in [1.29, 1.82) is 0 Å². The van der Waals surface area contributed by atoms with Crippen LogP contribution in [0.25, 0.3) is 10.8 Å². The first kappa shape index (κ1) is 24.4. The molecule has 0 amide bonds. The molecule has 0 spiro atoms. The van der Waals surface area contributed by atoms with E-state index in [2.05, 4.69) is 98.8 Å². The van der Waals surface area contributed by atoms with E-state index in [1.165, 1.54) is 15.9 Å². The maximum absolute atomic E-state index is 14.5. The van der Waals surface area contributed by atoms with Crippen LogP contribution in [-0.4, -0.2) is 9.96 Å². The summed E-state index contributed by atoms with van der Waals surface area (Å²) in [5, 5.41) is 6.01. The maximum atomic E-state index is 14.5. The minimum atomic E-state index is -2.65. The van der Waals surface area contributed by atoms with Crippen LogP contribution in [0.15, 0.2) is 137 Å². The van der Waals surface area contributed by atoms with Crippen LogP contribution in [0.5, 0.6) is 0 Å². The van der Waals surface area contributed by atoms with Gasteiger partial charge in [0.25, 0.3) is 0 Å². The van der Waals surface area contributed by atoms with Gasteiger partial charge in [0, 0.05) is 16.0 Å². The molecule has 0 heterocycles. The maximum Gasteiger partial charge on any atom is 0.0818 e. The molecule has 0 aliphatic rings. The average Bonchev–Trinajstić information content (AvgIpc) is 2.90. The molecule has 0 radical (unpaired) electrons. The molecule has 0 aliphatic heterocycles. The Morgan fingerprint density at radius 1 is 0.667 bits per heavy atom. The highest BCUT2D eigenvalue weighted by Crippen LogP contribution is 2.39. The zero-order valence-corrected chi connectivity index (χ0v) is 22.3. The Labute approximate surface area is 216 Å². The van der Waals surface area contributed by atoms with E-state index >= 15 is 0 Å². The largest absolute Gasteiger partial charge is 0.244 e. The van der Waals surface area contributed by atoms with Gasteiger partial charge in [0.05, 0.1) is 15.4 Å². The summed E-state index contributed by atoms with van der Waals surface area (Å²) < 4.78 is 19.6. The zero-order chi connectivity index (χ0) is 25.0. The van der Waals surface area contributed by atoms with Crippen LogP contribution in [0.4, 0.5) is 5.69 Å². The van der Waals surface area contributed by atoms with E-state index in [0.717, 1.165) is 21.4 Å². The first-order chi connectivity index (χ1) is 17.5. The van der Waals surface area contributed by atoms with Gasteiger partial charge in [0.1, 0.15) is 0 Å². The summed E-state index contributed by atoms with van der Waals surface area (Å²) >= 11 is 0. The van der Waals surface area contributed by atoms with Crippen LogP contribution in [-0.2, 0) is 9.73 Å². The smallest absolute Gasteiger partial charge is 0.0818 e. The molecule has 0 fully saturated rings. The van der Waals surface area contributed by atoms with Gasteiger partial charge in [-0.3, -0.25) is 0 Å². The number of hydrogen-bond donors (Lipinski definition) is 0. The lowest BCUT2D eigenvalue weighted by Crippen LogP contribution is -2.21. The first-order valence-corrected chi connectivity index (χ1v) is 15.3. The highest BCUT2D eigenvalue weighted by molar-refractivity contribution is 7.93. The normalized spacial score (nSPS) is 13.1. The van der Waals surface area contributed by atoms with Gasteiger partial charge in [-0.15, -0.1) is 0 Å². The van der Waals surface area contributed by atoms with Crippen LogP contribution in [0, 0.1) is 5.92 Å². The van der Waals surface area contributed by atoms with Crippen molar-refractivity contribution in [2.45, 2.75) is 18.7 Å². The molecule has 5 aromatic carbocycles. The molecule has 180 valence electrons. The molecule has 0 saturated carbocycles. The lowest BCUT2D eigenvalue weighted by atomic mass is 10.1. The van der Waals surface area contributed by atoms with Crippen molar-refractivity contribution in [3.8, 4) is 0 Å². The zero-order valence-electron chi connectivity index (χ0n) is 20.6. The molecular weight excluding hydrogens is 477 g/mol. The topological polar surface area (TPSA) is 29.4 Å². The van der Waals surface area contributed by atoms with Crippen molar-refractivity contribution in [2.24, 2.45) is 10.3 Å². The molecule has 36 heavy (non-hydrogen) atoms. The van der Waals surface area contributed by atoms with Crippen molar-refractivity contribution < 1.29 is 4.21 Å². The predicted octanol–water partition coefficient (Wildman–Crippen LogP) is 7.41. The Hall–Kier alpha value is -3.26. The standard InChI is InChI=1S/C32H30NOPS/c1-25(2)24-36(34,29-20-10-5-11-21-29)33-30-22-12-14-26-15-13-23-31(32(26)30)35(27-16-6-3-7-17-27)28-18-8-4-9-19-28/h3-23,25H,24H2,1-2H3. The van der Waals surface area contributed by atoms with E-state index < -0.39 is 17.7 Å². The Morgan fingerprint density at radius 2 is 1.19 bits per heavy atom. The van der Waals surface area contributed by atoms with Gasteiger partial charge in [0.15, 0.2) is 0 Å². The highest BCUT2D eigenvalue weighted by atomic mass is 32.2. The fourth-order valence-corrected chi connectivity index (χ4v) is 9.40. The highest BCUT2D eigenvalue weighted by Gasteiger charge is 2.21. The summed E-state index contributed by atoms with van der Waals surface area (Å²) in [6.07, 6.45) is 0. The summed E-state index contributed by atoms with van der Waals surface area (Å²) in [7, 11) is -3.48.